The molecule has 2 rings (SSSR count). The maximum atomic E-state index is 5.96. The van der Waals surface area contributed by atoms with Gasteiger partial charge in [0.25, 0.3) is 0 Å². The van der Waals surface area contributed by atoms with Crippen molar-refractivity contribution in [2.75, 3.05) is 32.7 Å². The zero-order valence-electron chi connectivity index (χ0n) is 14.0. The Labute approximate surface area is 125 Å². The van der Waals surface area contributed by atoms with E-state index in [-0.39, 0.29) is 0 Å². The van der Waals surface area contributed by atoms with E-state index in [9.17, 15) is 0 Å². The van der Waals surface area contributed by atoms with Crippen LogP contribution in [0, 0.1) is 11.3 Å². The molecule has 0 spiro atoms. The summed E-state index contributed by atoms with van der Waals surface area (Å²) in [7, 11) is 0. The highest BCUT2D eigenvalue weighted by Gasteiger charge is 2.37. The van der Waals surface area contributed by atoms with Crippen LogP contribution in [0.4, 0.5) is 0 Å². The van der Waals surface area contributed by atoms with E-state index in [1.807, 2.05) is 0 Å². The highest BCUT2D eigenvalue weighted by Crippen LogP contribution is 2.32. The van der Waals surface area contributed by atoms with Gasteiger partial charge in [-0.15, -0.1) is 0 Å². The molecule has 0 amide bonds. The van der Waals surface area contributed by atoms with Crippen molar-refractivity contribution in [3.8, 4) is 0 Å². The Morgan fingerprint density at radius 2 is 1.75 bits per heavy atom. The summed E-state index contributed by atoms with van der Waals surface area (Å²) in [5, 5.41) is 3.70. The first-order chi connectivity index (χ1) is 9.57. The molecule has 2 atom stereocenters. The van der Waals surface area contributed by atoms with Gasteiger partial charge in [-0.25, -0.2) is 0 Å². The lowest BCUT2D eigenvalue weighted by atomic mass is 9.81. The quantitative estimate of drug-likeness (QED) is 0.741. The number of hydrogen-bond donors (Lipinski definition) is 1. The van der Waals surface area contributed by atoms with Crippen LogP contribution in [0.1, 0.15) is 53.4 Å². The second-order valence-electron chi connectivity index (χ2n) is 7.38. The van der Waals surface area contributed by atoms with Crippen molar-refractivity contribution >= 4 is 0 Å². The van der Waals surface area contributed by atoms with Crippen molar-refractivity contribution in [1.29, 1.82) is 0 Å². The average molecular weight is 282 g/mol. The first-order valence-electron chi connectivity index (χ1n) is 8.65. The van der Waals surface area contributed by atoms with E-state index in [1.54, 1.807) is 0 Å². The maximum Gasteiger partial charge on any atom is 0.0707 e. The monoisotopic (exact) mass is 282 g/mol. The summed E-state index contributed by atoms with van der Waals surface area (Å²) >= 11 is 0. The summed E-state index contributed by atoms with van der Waals surface area (Å²) in [6.07, 6.45) is 6.12. The summed E-state index contributed by atoms with van der Waals surface area (Å²) in [4.78, 5) is 2.68. The number of fused-ring (bicyclic) bond motifs is 2. The zero-order chi connectivity index (χ0) is 14.6. The normalized spacial score (nSPS) is 27.4. The number of hydrogen-bond acceptors (Lipinski definition) is 3. The van der Waals surface area contributed by atoms with Crippen LogP contribution in [0.3, 0.4) is 0 Å². The van der Waals surface area contributed by atoms with E-state index in [4.69, 9.17) is 4.74 Å². The van der Waals surface area contributed by atoms with Crippen LogP contribution >= 0.6 is 0 Å². The van der Waals surface area contributed by atoms with Gasteiger partial charge in [0.2, 0.25) is 0 Å². The van der Waals surface area contributed by atoms with Crippen molar-refractivity contribution < 1.29 is 4.74 Å². The maximum absolute atomic E-state index is 5.96. The molecule has 0 radical (unpaired) electrons. The molecule has 2 fully saturated rings. The van der Waals surface area contributed by atoms with Crippen molar-refractivity contribution in [3.63, 3.8) is 0 Å². The van der Waals surface area contributed by atoms with Gasteiger partial charge in [0, 0.05) is 26.2 Å². The van der Waals surface area contributed by atoms with Gasteiger partial charge >= 0.3 is 0 Å². The topological polar surface area (TPSA) is 24.5 Å². The van der Waals surface area contributed by atoms with Crippen molar-refractivity contribution in [1.82, 2.24) is 10.2 Å². The molecule has 2 heterocycles. The predicted molar refractivity (Wildman–Crippen MR) is 85.1 cm³/mol. The third-order valence-electron chi connectivity index (χ3n) is 5.23. The number of rotatable bonds is 8. The Morgan fingerprint density at radius 1 is 1.15 bits per heavy atom. The van der Waals surface area contributed by atoms with Crippen LogP contribution in [0.25, 0.3) is 0 Å². The van der Waals surface area contributed by atoms with Gasteiger partial charge in [-0.05, 0) is 43.6 Å². The molecule has 2 aliphatic rings. The standard InChI is InChI=1S/C17H34N2O/c1-5-17(6-2,12-18-9-14(3)4)13-19-10-15-7-8-16(11-19)20-15/h14-16,18H,5-13H2,1-4H3. The third-order valence-corrected chi connectivity index (χ3v) is 5.23. The van der Waals surface area contributed by atoms with Gasteiger partial charge in [-0.1, -0.05) is 27.7 Å². The molecule has 0 aromatic heterocycles. The Hall–Kier alpha value is -0.120. The summed E-state index contributed by atoms with van der Waals surface area (Å²) < 4.78 is 5.96. The Kier molecular flexibility index (Phi) is 5.88. The lowest BCUT2D eigenvalue weighted by Gasteiger charge is -2.41. The van der Waals surface area contributed by atoms with Crippen LogP contribution in [0.2, 0.25) is 0 Å². The highest BCUT2D eigenvalue weighted by atomic mass is 16.5. The van der Waals surface area contributed by atoms with Crippen LogP contribution in [0.5, 0.6) is 0 Å². The second-order valence-corrected chi connectivity index (χ2v) is 7.38. The molecule has 0 aromatic carbocycles. The molecular formula is C17H34N2O. The van der Waals surface area contributed by atoms with E-state index in [0.29, 0.717) is 17.6 Å². The van der Waals surface area contributed by atoms with Crippen LogP contribution in [-0.4, -0.2) is 49.8 Å². The Morgan fingerprint density at radius 3 is 2.25 bits per heavy atom. The number of nitrogens with one attached hydrogen (secondary N) is 1. The van der Waals surface area contributed by atoms with Crippen LogP contribution in [-0.2, 0) is 4.74 Å². The van der Waals surface area contributed by atoms with Gasteiger partial charge < -0.3 is 10.1 Å². The molecule has 3 heteroatoms. The lowest BCUT2D eigenvalue weighted by Crippen LogP contribution is -2.50. The van der Waals surface area contributed by atoms with Crippen molar-refractivity contribution in [2.24, 2.45) is 11.3 Å². The minimum Gasteiger partial charge on any atom is -0.372 e. The smallest absolute Gasteiger partial charge is 0.0707 e. The molecule has 2 saturated heterocycles. The molecule has 0 saturated carbocycles. The van der Waals surface area contributed by atoms with E-state index >= 15 is 0 Å². The summed E-state index contributed by atoms with van der Waals surface area (Å²) in [6.45, 7) is 15.1. The SMILES string of the molecule is CCC(CC)(CNCC(C)C)CN1CC2CCC(C1)O2. The van der Waals surface area contributed by atoms with E-state index in [2.05, 4.69) is 37.9 Å². The first-order valence-corrected chi connectivity index (χ1v) is 8.65. The third kappa shape index (κ3) is 4.19. The van der Waals surface area contributed by atoms with Gasteiger partial charge in [-0.2, -0.15) is 0 Å². The highest BCUT2D eigenvalue weighted by molar-refractivity contribution is 4.90. The minimum atomic E-state index is 0.436. The van der Waals surface area contributed by atoms with Gasteiger partial charge in [0.15, 0.2) is 0 Å². The van der Waals surface area contributed by atoms with Gasteiger partial charge in [0.1, 0.15) is 0 Å². The molecule has 1 N–H and O–H groups in total. The molecule has 2 unspecified atom stereocenters. The molecule has 2 aliphatic heterocycles. The van der Waals surface area contributed by atoms with Crippen molar-refractivity contribution in [3.05, 3.63) is 0 Å². The molecule has 118 valence electrons. The number of nitrogens with zero attached hydrogens (tertiary/aromatic N) is 1. The van der Waals surface area contributed by atoms with Gasteiger partial charge in [-0.3, -0.25) is 4.90 Å². The van der Waals surface area contributed by atoms with E-state index in [1.165, 1.54) is 32.2 Å². The lowest BCUT2D eigenvalue weighted by molar-refractivity contribution is -0.0514. The molecule has 0 aliphatic carbocycles. The Balaban J connectivity index is 1.87. The summed E-state index contributed by atoms with van der Waals surface area (Å²) in [5.74, 6) is 0.737. The molecule has 2 bridgehead atoms. The molecule has 0 aromatic rings. The summed E-state index contributed by atoms with van der Waals surface area (Å²) in [5.41, 5.74) is 0.436. The number of morpholine rings is 1. The fourth-order valence-corrected chi connectivity index (χ4v) is 3.71. The number of ether oxygens (including phenoxy) is 1. The average Bonchev–Trinajstić information content (AvgIpc) is 2.76. The van der Waals surface area contributed by atoms with E-state index < -0.39 is 0 Å². The fourth-order valence-electron chi connectivity index (χ4n) is 3.71. The van der Waals surface area contributed by atoms with Gasteiger partial charge in [0.05, 0.1) is 12.2 Å². The molecular weight excluding hydrogens is 248 g/mol. The summed E-state index contributed by atoms with van der Waals surface area (Å²) in [6, 6.07) is 0. The largest absolute Gasteiger partial charge is 0.372 e. The van der Waals surface area contributed by atoms with E-state index in [0.717, 1.165) is 32.1 Å². The first kappa shape index (κ1) is 16.3. The number of likely N-dealkylation sites (tertiary alicyclic amines) is 1. The second kappa shape index (κ2) is 7.24. The minimum absolute atomic E-state index is 0.436. The van der Waals surface area contributed by atoms with Crippen LogP contribution < -0.4 is 5.32 Å². The zero-order valence-corrected chi connectivity index (χ0v) is 14.0. The fraction of sp³-hybridized carbons (Fsp3) is 1.00. The van der Waals surface area contributed by atoms with Crippen LogP contribution in [0.15, 0.2) is 0 Å². The Bertz CT molecular complexity index is 277. The predicted octanol–water partition coefficient (Wildman–Crippen LogP) is 2.90. The molecule has 3 nitrogen and oxygen atoms in total. The molecule has 20 heavy (non-hydrogen) atoms. The van der Waals surface area contributed by atoms with Crippen molar-refractivity contribution in [2.45, 2.75) is 65.6 Å².